The Morgan fingerprint density at radius 2 is 2.05 bits per heavy atom. The van der Waals surface area contributed by atoms with Crippen LogP contribution in [0.25, 0.3) is 6.08 Å². The van der Waals surface area contributed by atoms with Crippen molar-refractivity contribution in [1.82, 2.24) is 0 Å². The summed E-state index contributed by atoms with van der Waals surface area (Å²) in [4.78, 5) is 12.1. The van der Waals surface area contributed by atoms with E-state index in [1.165, 1.54) is 6.08 Å². The first-order chi connectivity index (χ1) is 10.2. The zero-order chi connectivity index (χ0) is 15.1. The smallest absolute Gasteiger partial charge is 0.185 e. The summed E-state index contributed by atoms with van der Waals surface area (Å²) in [5, 5.41) is 8.84. The van der Waals surface area contributed by atoms with Crippen molar-refractivity contribution in [3.05, 3.63) is 71.3 Å². The topological polar surface area (TPSA) is 50.1 Å². The van der Waals surface area contributed by atoms with Crippen LogP contribution in [0, 0.1) is 11.3 Å². The fraction of sp³-hybridized carbons (Fsp3) is 0.111. The number of nitrogens with zero attached hydrogens (tertiary/aromatic N) is 1. The largest absolute Gasteiger partial charge is 0.494 e. The molecule has 3 heteroatoms. The highest BCUT2D eigenvalue weighted by molar-refractivity contribution is 6.07. The molecule has 0 amide bonds. The quantitative estimate of drug-likeness (QED) is 0.616. The Hall–Kier alpha value is -2.86. The molecular weight excluding hydrogens is 262 g/mol. The third kappa shape index (κ3) is 4.05. The second kappa shape index (κ2) is 7.06. The number of hydrogen-bond donors (Lipinski definition) is 0. The van der Waals surface area contributed by atoms with Gasteiger partial charge in [0, 0.05) is 5.56 Å². The summed E-state index contributed by atoms with van der Waals surface area (Å²) in [6.45, 7) is 2.53. The Bertz CT molecular complexity index is 711. The molecule has 0 unspecified atom stereocenters. The van der Waals surface area contributed by atoms with Crippen LogP contribution >= 0.6 is 0 Å². The van der Waals surface area contributed by atoms with E-state index >= 15 is 0 Å². The molecule has 0 aliphatic heterocycles. The van der Waals surface area contributed by atoms with Crippen molar-refractivity contribution in [1.29, 1.82) is 5.26 Å². The Balaban J connectivity index is 2.15. The van der Waals surface area contributed by atoms with Gasteiger partial charge in [0.25, 0.3) is 0 Å². The Kier molecular flexibility index (Phi) is 4.89. The maximum atomic E-state index is 12.1. The monoisotopic (exact) mass is 277 g/mol. The zero-order valence-corrected chi connectivity index (χ0v) is 11.7. The van der Waals surface area contributed by atoms with Gasteiger partial charge in [-0.1, -0.05) is 30.3 Å². The van der Waals surface area contributed by atoms with Gasteiger partial charge in [0.15, 0.2) is 5.78 Å². The van der Waals surface area contributed by atoms with Gasteiger partial charge in [-0.25, -0.2) is 0 Å². The van der Waals surface area contributed by atoms with Crippen molar-refractivity contribution in [2.24, 2.45) is 0 Å². The highest BCUT2D eigenvalue weighted by Gasteiger charge is 2.02. The normalized spacial score (nSPS) is 10.3. The number of carbonyl (C=O) groups is 1. The van der Waals surface area contributed by atoms with E-state index in [1.807, 2.05) is 37.3 Å². The summed E-state index contributed by atoms with van der Waals surface area (Å²) in [5.74, 6) is 0.646. The Labute approximate surface area is 124 Å². The minimum Gasteiger partial charge on any atom is -0.494 e. The van der Waals surface area contributed by atoms with Gasteiger partial charge < -0.3 is 4.74 Å². The zero-order valence-electron chi connectivity index (χ0n) is 11.7. The summed E-state index contributed by atoms with van der Waals surface area (Å²) in [5.41, 5.74) is 1.88. The lowest BCUT2D eigenvalue weighted by molar-refractivity contribution is 0.104. The number of benzene rings is 2. The number of allylic oxidation sites excluding steroid dienone is 1. The average molecular weight is 277 g/mol. The molecule has 3 nitrogen and oxygen atoms in total. The van der Waals surface area contributed by atoms with E-state index in [1.54, 1.807) is 30.3 Å². The van der Waals surface area contributed by atoms with Crippen LogP contribution in [0.15, 0.2) is 54.6 Å². The van der Waals surface area contributed by atoms with Gasteiger partial charge in [0.05, 0.1) is 18.2 Å². The molecular formula is C18H15NO2. The standard InChI is InChI=1S/C18H15NO2/c1-2-21-17-8-4-5-14(12-17)9-10-18(20)16-7-3-6-15(11-16)13-19/h3-12H,2H2,1H3/b10-9+. The van der Waals surface area contributed by atoms with Crippen LogP contribution in [0.4, 0.5) is 0 Å². The summed E-state index contributed by atoms with van der Waals surface area (Å²) >= 11 is 0. The van der Waals surface area contributed by atoms with Crippen LogP contribution < -0.4 is 4.74 Å². The highest BCUT2D eigenvalue weighted by atomic mass is 16.5. The summed E-state index contributed by atoms with van der Waals surface area (Å²) in [6.07, 6.45) is 3.24. The molecule has 0 saturated carbocycles. The van der Waals surface area contributed by atoms with E-state index in [9.17, 15) is 4.79 Å². The van der Waals surface area contributed by atoms with Gasteiger partial charge >= 0.3 is 0 Å². The second-order valence-corrected chi connectivity index (χ2v) is 4.40. The van der Waals surface area contributed by atoms with Crippen LogP contribution in [0.1, 0.15) is 28.4 Å². The first-order valence-corrected chi connectivity index (χ1v) is 6.68. The summed E-state index contributed by atoms with van der Waals surface area (Å²) < 4.78 is 5.41. The van der Waals surface area contributed by atoms with E-state index in [-0.39, 0.29) is 5.78 Å². The predicted molar refractivity (Wildman–Crippen MR) is 82.1 cm³/mol. The van der Waals surface area contributed by atoms with E-state index in [4.69, 9.17) is 10.00 Å². The van der Waals surface area contributed by atoms with Gasteiger partial charge in [-0.05, 0) is 42.8 Å². The molecule has 0 aliphatic carbocycles. The Morgan fingerprint density at radius 3 is 2.81 bits per heavy atom. The molecule has 0 saturated heterocycles. The lowest BCUT2D eigenvalue weighted by atomic mass is 10.1. The fourth-order valence-electron chi connectivity index (χ4n) is 1.88. The molecule has 2 rings (SSSR count). The number of carbonyl (C=O) groups excluding carboxylic acids is 1. The predicted octanol–water partition coefficient (Wildman–Crippen LogP) is 3.85. The molecule has 104 valence electrons. The van der Waals surface area contributed by atoms with E-state index in [0.717, 1.165) is 11.3 Å². The molecule has 0 N–H and O–H groups in total. The third-order valence-electron chi connectivity index (χ3n) is 2.87. The van der Waals surface area contributed by atoms with E-state index < -0.39 is 0 Å². The molecule has 2 aromatic rings. The maximum absolute atomic E-state index is 12.1. The van der Waals surface area contributed by atoms with Crippen molar-refractivity contribution >= 4 is 11.9 Å². The van der Waals surface area contributed by atoms with Gasteiger partial charge in [-0.2, -0.15) is 5.26 Å². The van der Waals surface area contributed by atoms with Gasteiger partial charge in [-0.15, -0.1) is 0 Å². The molecule has 0 aliphatic rings. The van der Waals surface area contributed by atoms with Crippen molar-refractivity contribution in [3.8, 4) is 11.8 Å². The molecule has 0 bridgehead atoms. The second-order valence-electron chi connectivity index (χ2n) is 4.40. The van der Waals surface area contributed by atoms with E-state index in [0.29, 0.717) is 17.7 Å². The van der Waals surface area contributed by atoms with Crippen LogP contribution in [-0.2, 0) is 0 Å². The minimum atomic E-state index is -0.131. The fourth-order valence-corrected chi connectivity index (χ4v) is 1.88. The molecule has 0 aromatic heterocycles. The molecule has 2 aromatic carbocycles. The van der Waals surface area contributed by atoms with Crippen LogP contribution in [0.3, 0.4) is 0 Å². The van der Waals surface area contributed by atoms with Gasteiger partial charge in [0.2, 0.25) is 0 Å². The first kappa shape index (κ1) is 14.5. The van der Waals surface area contributed by atoms with Crippen molar-refractivity contribution in [2.75, 3.05) is 6.61 Å². The van der Waals surface area contributed by atoms with Crippen LogP contribution in [-0.4, -0.2) is 12.4 Å². The van der Waals surface area contributed by atoms with Crippen molar-refractivity contribution in [2.45, 2.75) is 6.92 Å². The van der Waals surface area contributed by atoms with Crippen LogP contribution in [0.2, 0.25) is 0 Å². The molecule has 21 heavy (non-hydrogen) atoms. The molecule has 0 atom stereocenters. The summed E-state index contributed by atoms with van der Waals surface area (Å²) in [7, 11) is 0. The van der Waals surface area contributed by atoms with Crippen LogP contribution in [0.5, 0.6) is 5.75 Å². The maximum Gasteiger partial charge on any atom is 0.185 e. The van der Waals surface area contributed by atoms with Gasteiger partial charge in [0.1, 0.15) is 5.75 Å². The number of ketones is 1. The number of ether oxygens (including phenoxy) is 1. The molecule has 0 radical (unpaired) electrons. The van der Waals surface area contributed by atoms with Crippen molar-refractivity contribution < 1.29 is 9.53 Å². The molecule has 0 fully saturated rings. The lowest BCUT2D eigenvalue weighted by Gasteiger charge is -2.03. The lowest BCUT2D eigenvalue weighted by Crippen LogP contribution is -1.94. The van der Waals surface area contributed by atoms with Gasteiger partial charge in [-0.3, -0.25) is 4.79 Å². The first-order valence-electron chi connectivity index (χ1n) is 6.68. The number of rotatable bonds is 5. The minimum absolute atomic E-state index is 0.131. The number of hydrogen-bond acceptors (Lipinski definition) is 3. The average Bonchev–Trinajstić information content (AvgIpc) is 2.53. The van der Waals surface area contributed by atoms with Crippen molar-refractivity contribution in [3.63, 3.8) is 0 Å². The Morgan fingerprint density at radius 1 is 1.24 bits per heavy atom. The third-order valence-corrected chi connectivity index (χ3v) is 2.87. The SMILES string of the molecule is CCOc1cccc(/C=C/C(=O)c2cccc(C#N)c2)c1. The highest BCUT2D eigenvalue weighted by Crippen LogP contribution is 2.15. The molecule has 0 spiro atoms. The van der Waals surface area contributed by atoms with E-state index in [2.05, 4.69) is 0 Å². The molecule has 0 heterocycles. The summed E-state index contributed by atoms with van der Waals surface area (Å²) in [6, 6.07) is 16.2. The number of nitriles is 1.